The second kappa shape index (κ2) is 10.1. The van der Waals surface area contributed by atoms with E-state index in [-0.39, 0.29) is 29.8 Å². The lowest BCUT2D eigenvalue weighted by Gasteiger charge is -2.13. The first-order chi connectivity index (χ1) is 12.2. The maximum absolute atomic E-state index is 13.5. The minimum atomic E-state index is -0.197. The van der Waals surface area contributed by atoms with Gasteiger partial charge in [-0.05, 0) is 63.0 Å². The molecule has 5 nitrogen and oxygen atoms in total. The molecule has 144 valence electrons. The number of hydrogen-bond donors (Lipinski definition) is 3. The third kappa shape index (κ3) is 5.57. The highest BCUT2D eigenvalue weighted by atomic mass is 127. The molecule has 0 radical (unpaired) electrons. The number of nitrogens with zero attached hydrogens (tertiary/aromatic N) is 2. The Bertz CT molecular complexity index is 730. The van der Waals surface area contributed by atoms with Crippen LogP contribution < -0.4 is 10.6 Å². The molecule has 0 spiro atoms. The molecule has 1 fully saturated rings. The largest absolute Gasteiger partial charge is 0.361 e. The van der Waals surface area contributed by atoms with E-state index in [1.165, 1.54) is 19.0 Å². The maximum Gasteiger partial charge on any atom is 0.191 e. The number of hydrogen-bond acceptors (Lipinski definition) is 2. The smallest absolute Gasteiger partial charge is 0.191 e. The molecule has 3 N–H and O–H groups in total. The first-order valence-electron chi connectivity index (χ1n) is 9.12. The van der Waals surface area contributed by atoms with Crippen LogP contribution in [0.5, 0.6) is 0 Å². The first-order valence-corrected chi connectivity index (χ1v) is 9.12. The van der Waals surface area contributed by atoms with E-state index < -0.39 is 0 Å². The van der Waals surface area contributed by atoms with E-state index in [2.05, 4.69) is 34.5 Å². The van der Waals surface area contributed by atoms with Crippen molar-refractivity contribution >= 4 is 40.8 Å². The molecule has 1 saturated heterocycles. The van der Waals surface area contributed by atoms with Crippen molar-refractivity contribution in [2.45, 2.75) is 19.8 Å². The van der Waals surface area contributed by atoms with Gasteiger partial charge in [-0.1, -0.05) is 0 Å². The summed E-state index contributed by atoms with van der Waals surface area (Å²) in [7, 11) is 2.16. The molecule has 0 saturated carbocycles. The van der Waals surface area contributed by atoms with E-state index in [0.717, 1.165) is 55.0 Å². The van der Waals surface area contributed by atoms with Crippen molar-refractivity contribution in [1.82, 2.24) is 20.5 Å². The van der Waals surface area contributed by atoms with Crippen molar-refractivity contribution in [3.63, 3.8) is 0 Å². The second-order valence-electron chi connectivity index (χ2n) is 6.82. The van der Waals surface area contributed by atoms with Gasteiger partial charge >= 0.3 is 0 Å². The molecule has 1 atom stereocenters. The molecule has 1 aromatic carbocycles. The molecule has 26 heavy (non-hydrogen) atoms. The molecule has 1 aliphatic heterocycles. The molecule has 2 heterocycles. The van der Waals surface area contributed by atoms with Crippen molar-refractivity contribution in [2.75, 3.05) is 39.8 Å². The van der Waals surface area contributed by atoms with Crippen LogP contribution in [0.1, 0.15) is 18.9 Å². The number of aromatic nitrogens is 1. The van der Waals surface area contributed by atoms with Crippen LogP contribution in [0.4, 0.5) is 4.39 Å². The molecule has 0 amide bonds. The average Bonchev–Trinajstić information content (AvgIpc) is 3.19. The fourth-order valence-electron chi connectivity index (χ4n) is 3.41. The summed E-state index contributed by atoms with van der Waals surface area (Å²) >= 11 is 0. The highest BCUT2D eigenvalue weighted by Gasteiger charge is 2.18. The third-order valence-electron chi connectivity index (χ3n) is 4.76. The van der Waals surface area contributed by atoms with Gasteiger partial charge in [-0.2, -0.15) is 0 Å². The second-order valence-corrected chi connectivity index (χ2v) is 6.82. The number of H-pyrrole nitrogens is 1. The number of aromatic amines is 1. The maximum atomic E-state index is 13.5. The van der Waals surface area contributed by atoms with Crippen molar-refractivity contribution in [3.05, 3.63) is 35.8 Å². The lowest BCUT2D eigenvalue weighted by atomic mass is 10.1. The Labute approximate surface area is 171 Å². The van der Waals surface area contributed by atoms with Gasteiger partial charge in [0, 0.05) is 43.3 Å². The van der Waals surface area contributed by atoms with Crippen molar-refractivity contribution in [2.24, 2.45) is 10.9 Å². The Morgan fingerprint density at radius 1 is 1.38 bits per heavy atom. The Hall–Kier alpha value is -1.35. The number of aliphatic imine (C=N–C) groups is 1. The highest BCUT2D eigenvalue weighted by molar-refractivity contribution is 14.0. The summed E-state index contributed by atoms with van der Waals surface area (Å²) < 4.78 is 13.5. The van der Waals surface area contributed by atoms with Gasteiger partial charge in [0.1, 0.15) is 5.82 Å². The number of likely N-dealkylation sites (tertiary alicyclic amines) is 1. The zero-order valence-electron chi connectivity index (χ0n) is 15.5. The van der Waals surface area contributed by atoms with Crippen molar-refractivity contribution in [3.8, 4) is 0 Å². The molecule has 1 unspecified atom stereocenters. The van der Waals surface area contributed by atoms with E-state index in [4.69, 9.17) is 4.99 Å². The van der Waals surface area contributed by atoms with Gasteiger partial charge in [-0.15, -0.1) is 24.0 Å². The molecule has 1 aliphatic rings. The van der Waals surface area contributed by atoms with E-state index in [9.17, 15) is 4.39 Å². The molecule has 1 aromatic heterocycles. The minimum Gasteiger partial charge on any atom is -0.361 e. The first kappa shape index (κ1) is 21.0. The quantitative estimate of drug-likeness (QED) is 0.344. The number of fused-ring (bicyclic) bond motifs is 1. The van der Waals surface area contributed by atoms with Crippen molar-refractivity contribution in [1.29, 1.82) is 0 Å². The number of rotatable bonds is 6. The Balaban J connectivity index is 0.00000243. The predicted molar refractivity (Wildman–Crippen MR) is 117 cm³/mol. The lowest BCUT2D eigenvalue weighted by Crippen LogP contribution is -2.38. The van der Waals surface area contributed by atoms with Crippen LogP contribution in [0.3, 0.4) is 0 Å². The van der Waals surface area contributed by atoms with Crippen molar-refractivity contribution < 1.29 is 4.39 Å². The molecule has 7 heteroatoms. The summed E-state index contributed by atoms with van der Waals surface area (Å²) in [5.41, 5.74) is 2.09. The highest BCUT2D eigenvalue weighted by Crippen LogP contribution is 2.19. The van der Waals surface area contributed by atoms with Crippen LogP contribution >= 0.6 is 24.0 Å². The van der Waals surface area contributed by atoms with E-state index in [1.54, 1.807) is 12.1 Å². The van der Waals surface area contributed by atoms with Crippen LogP contribution in [0.2, 0.25) is 0 Å². The number of nitrogens with one attached hydrogen (secondary N) is 3. The summed E-state index contributed by atoms with van der Waals surface area (Å²) in [6, 6.07) is 4.86. The van der Waals surface area contributed by atoms with Gasteiger partial charge in [-0.3, -0.25) is 4.99 Å². The summed E-state index contributed by atoms with van der Waals surface area (Å²) in [6.45, 7) is 6.83. The van der Waals surface area contributed by atoms with Crippen LogP contribution in [-0.4, -0.2) is 55.6 Å². The third-order valence-corrected chi connectivity index (χ3v) is 4.76. The van der Waals surface area contributed by atoms with Crippen LogP contribution in [-0.2, 0) is 6.42 Å². The van der Waals surface area contributed by atoms with Crippen LogP contribution in [0.15, 0.2) is 29.4 Å². The number of benzene rings is 1. The molecule has 0 aliphatic carbocycles. The lowest BCUT2D eigenvalue weighted by molar-refractivity contribution is 0.397. The Kier molecular flexibility index (Phi) is 8.15. The molecular formula is C19H29FIN5. The molecule has 3 rings (SSSR count). The average molecular weight is 473 g/mol. The van der Waals surface area contributed by atoms with E-state index >= 15 is 0 Å². The van der Waals surface area contributed by atoms with Gasteiger partial charge < -0.3 is 20.5 Å². The summed E-state index contributed by atoms with van der Waals surface area (Å²) in [6.07, 6.45) is 4.00. The zero-order valence-corrected chi connectivity index (χ0v) is 17.8. The van der Waals surface area contributed by atoms with Gasteiger partial charge in [-0.25, -0.2) is 4.39 Å². The van der Waals surface area contributed by atoms with Gasteiger partial charge in [0.25, 0.3) is 0 Å². The fraction of sp³-hybridized carbons (Fsp3) is 0.526. The summed E-state index contributed by atoms with van der Waals surface area (Å²) in [5.74, 6) is 1.32. The van der Waals surface area contributed by atoms with E-state index in [0.29, 0.717) is 5.92 Å². The monoisotopic (exact) mass is 473 g/mol. The SMILES string of the molecule is CCNC(=NCC1CCN(C)C1)NCCc1c[nH]c2ccc(F)cc12.I. The zero-order chi connectivity index (χ0) is 17.6. The Morgan fingerprint density at radius 2 is 2.23 bits per heavy atom. The fourth-order valence-corrected chi connectivity index (χ4v) is 3.41. The molecule has 0 bridgehead atoms. The van der Waals surface area contributed by atoms with Crippen LogP contribution in [0.25, 0.3) is 10.9 Å². The minimum absolute atomic E-state index is 0. The predicted octanol–water partition coefficient (Wildman–Crippen LogP) is 2.97. The number of guanidine groups is 1. The molecular weight excluding hydrogens is 444 g/mol. The summed E-state index contributed by atoms with van der Waals surface area (Å²) in [4.78, 5) is 10.3. The normalized spacial score (nSPS) is 18.1. The van der Waals surface area contributed by atoms with Crippen LogP contribution in [0, 0.1) is 11.7 Å². The van der Waals surface area contributed by atoms with Gasteiger partial charge in [0.05, 0.1) is 0 Å². The summed E-state index contributed by atoms with van der Waals surface area (Å²) in [5, 5.41) is 7.65. The standard InChI is InChI=1S/C19H28FN5.HI/c1-3-21-19(24-11-14-7-9-25(2)13-14)22-8-6-15-12-23-18-5-4-16(20)10-17(15)18;/h4-5,10,12,14,23H,3,6-9,11,13H2,1-2H3,(H2,21,22,24);1H. The Morgan fingerprint density at radius 3 is 2.96 bits per heavy atom. The number of halogens is 2. The van der Waals surface area contributed by atoms with E-state index in [1.807, 2.05) is 6.20 Å². The molecule has 2 aromatic rings. The van der Waals surface area contributed by atoms with Gasteiger partial charge in [0.2, 0.25) is 0 Å². The topological polar surface area (TPSA) is 55.5 Å². The van der Waals surface area contributed by atoms with Gasteiger partial charge in [0.15, 0.2) is 5.96 Å².